The van der Waals surface area contributed by atoms with E-state index >= 15 is 0 Å². The van der Waals surface area contributed by atoms with Crippen LogP contribution in [0.5, 0.6) is 6.01 Å². The van der Waals surface area contributed by atoms with Gasteiger partial charge in [-0.3, -0.25) is 4.57 Å². The average molecular weight is 406 g/mol. The van der Waals surface area contributed by atoms with Crippen molar-refractivity contribution >= 4 is 17.0 Å². The number of hydrogen-bond acceptors (Lipinski definition) is 6. The van der Waals surface area contributed by atoms with Crippen molar-refractivity contribution in [3.63, 3.8) is 0 Å². The fourth-order valence-electron chi connectivity index (χ4n) is 4.24. The van der Waals surface area contributed by atoms with Crippen LogP contribution in [0.25, 0.3) is 11.2 Å². The van der Waals surface area contributed by atoms with E-state index in [1.165, 1.54) is 0 Å². The first-order chi connectivity index (χ1) is 13.8. The van der Waals surface area contributed by atoms with Crippen LogP contribution in [0.1, 0.15) is 72.6 Å². The topological polar surface area (TPSA) is 108 Å². The quantitative estimate of drug-likeness (QED) is 0.617. The molecular weight excluding hydrogens is 370 g/mol. The molecule has 3 N–H and O–H groups in total. The molecule has 0 spiro atoms. The summed E-state index contributed by atoms with van der Waals surface area (Å²) in [5.74, 6) is 0.936. The van der Waals surface area contributed by atoms with E-state index in [4.69, 9.17) is 15.2 Å². The molecule has 1 saturated heterocycles. The second kappa shape index (κ2) is 9.15. The van der Waals surface area contributed by atoms with E-state index in [0.717, 1.165) is 51.6 Å². The number of imidazole rings is 1. The van der Waals surface area contributed by atoms with Gasteiger partial charge in [-0.1, -0.05) is 26.2 Å². The predicted molar refractivity (Wildman–Crippen MR) is 114 cm³/mol. The Labute approximate surface area is 172 Å². The van der Waals surface area contributed by atoms with Gasteiger partial charge in [-0.15, -0.1) is 0 Å². The Bertz CT molecular complexity index is 873. The minimum Gasteiger partial charge on any atom is -0.460 e. The summed E-state index contributed by atoms with van der Waals surface area (Å²) >= 11 is 0. The second-order valence-corrected chi connectivity index (χ2v) is 8.85. The molecule has 2 aromatic heterocycles. The van der Waals surface area contributed by atoms with Crippen molar-refractivity contribution in [2.75, 3.05) is 12.3 Å². The number of unbranched alkanes of at least 4 members (excludes halogenated alkanes) is 1. The zero-order chi connectivity index (χ0) is 21.0. The van der Waals surface area contributed by atoms with E-state index in [2.05, 4.69) is 35.7 Å². The van der Waals surface area contributed by atoms with E-state index < -0.39 is 0 Å². The Morgan fingerprint density at radius 1 is 1.38 bits per heavy atom. The number of hydrogen-bond donors (Lipinski definition) is 2. The van der Waals surface area contributed by atoms with E-state index in [1.807, 2.05) is 6.92 Å². The van der Waals surface area contributed by atoms with Crippen LogP contribution in [0, 0.1) is 5.92 Å². The number of anilines is 1. The predicted octanol–water partition coefficient (Wildman–Crippen LogP) is 3.64. The van der Waals surface area contributed by atoms with Crippen LogP contribution < -0.4 is 16.2 Å². The SMILES string of the molecule is CCC[C@@H](C)Oc1nc(N)c2[nH]c(=O)n(CCCCC3CCOC(C)(C)C3)c2n1. The number of ether oxygens (including phenoxy) is 2. The fraction of sp³-hybridized carbons (Fsp3) is 0.762. The normalized spacial score (nSPS) is 20.1. The molecule has 1 unspecified atom stereocenters. The molecule has 2 aromatic rings. The summed E-state index contributed by atoms with van der Waals surface area (Å²) in [4.78, 5) is 23.9. The molecule has 8 heteroatoms. The maximum atomic E-state index is 12.4. The monoisotopic (exact) mass is 405 g/mol. The molecule has 1 fully saturated rings. The van der Waals surface area contributed by atoms with Crippen molar-refractivity contribution in [2.24, 2.45) is 5.92 Å². The van der Waals surface area contributed by atoms with Crippen LogP contribution in [0.2, 0.25) is 0 Å². The standard InChI is InChI=1S/C21H35N5O3/c1-5-8-14(2)29-19-24-17(22)16-18(25-19)26(20(27)23-16)11-7-6-9-15-10-12-28-21(3,4)13-15/h14-15H,5-13H2,1-4H3,(H,23,27)(H2,22,24,25)/t14-,15?/m1/s1. The highest BCUT2D eigenvalue weighted by Gasteiger charge is 2.28. The van der Waals surface area contributed by atoms with Crippen molar-refractivity contribution < 1.29 is 9.47 Å². The zero-order valence-corrected chi connectivity index (χ0v) is 18.2. The summed E-state index contributed by atoms with van der Waals surface area (Å²) in [7, 11) is 0. The molecule has 1 aliphatic rings. The second-order valence-electron chi connectivity index (χ2n) is 8.85. The minimum absolute atomic E-state index is 0.000290. The Balaban J connectivity index is 1.64. The summed E-state index contributed by atoms with van der Waals surface area (Å²) in [6.45, 7) is 9.85. The van der Waals surface area contributed by atoms with Gasteiger partial charge in [0, 0.05) is 13.2 Å². The Kier molecular flexibility index (Phi) is 6.82. The molecule has 3 heterocycles. The summed E-state index contributed by atoms with van der Waals surface area (Å²) in [5.41, 5.74) is 6.83. The average Bonchev–Trinajstić information content (AvgIpc) is 2.94. The van der Waals surface area contributed by atoms with Crippen molar-refractivity contribution in [3.8, 4) is 6.01 Å². The number of rotatable bonds is 9. The van der Waals surface area contributed by atoms with Crippen LogP contribution in [-0.2, 0) is 11.3 Å². The first-order valence-electron chi connectivity index (χ1n) is 10.9. The van der Waals surface area contributed by atoms with Gasteiger partial charge in [-0.25, -0.2) is 4.79 Å². The first-order valence-corrected chi connectivity index (χ1v) is 10.9. The van der Waals surface area contributed by atoms with E-state index in [0.29, 0.717) is 23.6 Å². The number of nitrogens with two attached hydrogens (primary N) is 1. The summed E-state index contributed by atoms with van der Waals surface area (Å²) in [6.07, 6.45) is 7.28. The molecule has 0 saturated carbocycles. The third-order valence-electron chi connectivity index (χ3n) is 5.68. The zero-order valence-electron chi connectivity index (χ0n) is 18.2. The van der Waals surface area contributed by atoms with Crippen molar-refractivity contribution in [1.82, 2.24) is 19.5 Å². The third-order valence-corrected chi connectivity index (χ3v) is 5.68. The van der Waals surface area contributed by atoms with Gasteiger partial charge in [0.25, 0.3) is 0 Å². The molecule has 0 aliphatic carbocycles. The number of nitrogens with zero attached hydrogens (tertiary/aromatic N) is 3. The first kappa shape index (κ1) is 21.6. The van der Waals surface area contributed by atoms with Gasteiger partial charge in [0.15, 0.2) is 11.5 Å². The van der Waals surface area contributed by atoms with Crippen LogP contribution >= 0.6 is 0 Å². The van der Waals surface area contributed by atoms with E-state index in [1.54, 1.807) is 4.57 Å². The van der Waals surface area contributed by atoms with Gasteiger partial charge < -0.3 is 20.2 Å². The highest BCUT2D eigenvalue weighted by Crippen LogP contribution is 2.31. The lowest BCUT2D eigenvalue weighted by atomic mass is 9.85. The van der Waals surface area contributed by atoms with Gasteiger partial charge in [0.05, 0.1) is 11.7 Å². The molecule has 0 amide bonds. The van der Waals surface area contributed by atoms with E-state index in [-0.39, 0.29) is 29.2 Å². The number of nitrogens with one attached hydrogen (secondary N) is 1. The summed E-state index contributed by atoms with van der Waals surface area (Å²) in [5, 5.41) is 0. The number of aromatic nitrogens is 4. The Morgan fingerprint density at radius 2 is 2.17 bits per heavy atom. The van der Waals surface area contributed by atoms with Crippen molar-refractivity contribution in [3.05, 3.63) is 10.5 Å². The van der Waals surface area contributed by atoms with Crippen LogP contribution in [-0.4, -0.2) is 37.8 Å². The lowest BCUT2D eigenvalue weighted by Gasteiger charge is -2.35. The Morgan fingerprint density at radius 3 is 2.90 bits per heavy atom. The summed E-state index contributed by atoms with van der Waals surface area (Å²) in [6, 6.07) is 0.230. The van der Waals surface area contributed by atoms with Crippen LogP contribution in [0.15, 0.2) is 4.79 Å². The minimum atomic E-state index is -0.202. The van der Waals surface area contributed by atoms with Crippen LogP contribution in [0.3, 0.4) is 0 Å². The molecule has 0 aromatic carbocycles. The molecular formula is C21H35N5O3. The molecule has 162 valence electrons. The van der Waals surface area contributed by atoms with E-state index in [9.17, 15) is 4.79 Å². The maximum Gasteiger partial charge on any atom is 0.327 e. The molecule has 0 bridgehead atoms. The Hall–Kier alpha value is -2.09. The molecule has 2 atom stereocenters. The summed E-state index contributed by atoms with van der Waals surface area (Å²) < 4.78 is 13.2. The van der Waals surface area contributed by atoms with Gasteiger partial charge >= 0.3 is 11.7 Å². The third kappa shape index (κ3) is 5.50. The number of fused-ring (bicyclic) bond motifs is 1. The highest BCUT2D eigenvalue weighted by atomic mass is 16.5. The number of nitrogen functional groups attached to an aromatic ring is 1. The van der Waals surface area contributed by atoms with Crippen molar-refractivity contribution in [1.29, 1.82) is 0 Å². The number of aromatic amines is 1. The van der Waals surface area contributed by atoms with Crippen molar-refractivity contribution in [2.45, 2.75) is 90.9 Å². The molecule has 8 nitrogen and oxygen atoms in total. The van der Waals surface area contributed by atoms with Gasteiger partial charge in [0.2, 0.25) is 0 Å². The fourth-order valence-corrected chi connectivity index (χ4v) is 4.24. The smallest absolute Gasteiger partial charge is 0.327 e. The maximum absolute atomic E-state index is 12.4. The van der Waals surface area contributed by atoms with Gasteiger partial charge in [-0.2, -0.15) is 9.97 Å². The van der Waals surface area contributed by atoms with Gasteiger partial charge in [-0.05, 0) is 52.4 Å². The molecule has 3 rings (SSSR count). The van der Waals surface area contributed by atoms with Crippen LogP contribution in [0.4, 0.5) is 5.82 Å². The highest BCUT2D eigenvalue weighted by molar-refractivity contribution is 5.81. The van der Waals surface area contributed by atoms with Gasteiger partial charge in [0.1, 0.15) is 5.52 Å². The molecule has 29 heavy (non-hydrogen) atoms. The largest absolute Gasteiger partial charge is 0.460 e. The molecule has 0 radical (unpaired) electrons. The lowest BCUT2D eigenvalue weighted by molar-refractivity contribution is -0.0738. The number of H-pyrrole nitrogens is 1. The number of aryl methyl sites for hydroxylation is 1. The molecule has 1 aliphatic heterocycles. The lowest BCUT2D eigenvalue weighted by Crippen LogP contribution is -2.33.